The molecular weight excluding hydrogens is 414 g/mol. The zero-order valence-electron chi connectivity index (χ0n) is 17.8. The van der Waals surface area contributed by atoms with Crippen LogP contribution in [0.2, 0.25) is 0 Å². The minimum absolute atomic E-state index is 0.116. The van der Waals surface area contributed by atoms with E-state index in [1.165, 1.54) is 0 Å². The second-order valence-corrected chi connectivity index (χ2v) is 8.53. The van der Waals surface area contributed by atoms with Gasteiger partial charge >= 0.3 is 5.97 Å². The van der Waals surface area contributed by atoms with Gasteiger partial charge in [0.2, 0.25) is 18.1 Å². The van der Waals surface area contributed by atoms with Gasteiger partial charge in [0.25, 0.3) is 5.91 Å². The molecule has 3 aliphatic rings. The van der Waals surface area contributed by atoms with Gasteiger partial charge < -0.3 is 25.4 Å². The van der Waals surface area contributed by atoms with Crippen molar-refractivity contribution in [3.05, 3.63) is 47.5 Å². The Labute approximate surface area is 185 Å². The van der Waals surface area contributed by atoms with Gasteiger partial charge in [0, 0.05) is 11.6 Å². The van der Waals surface area contributed by atoms with Gasteiger partial charge in [-0.3, -0.25) is 19.2 Å². The van der Waals surface area contributed by atoms with Gasteiger partial charge in [-0.05, 0) is 44.7 Å². The highest BCUT2D eigenvalue weighted by Crippen LogP contribution is 2.30. The van der Waals surface area contributed by atoms with Crippen molar-refractivity contribution in [2.45, 2.75) is 69.5 Å². The number of aryl methyl sites for hydroxylation is 1. The smallest absolute Gasteiger partial charge is 0.310 e. The van der Waals surface area contributed by atoms with Gasteiger partial charge in [0.15, 0.2) is 0 Å². The van der Waals surface area contributed by atoms with Crippen LogP contribution in [0.3, 0.4) is 0 Å². The number of hydrogen-bond donors (Lipinski definition) is 3. The van der Waals surface area contributed by atoms with E-state index in [0.717, 1.165) is 5.56 Å². The first-order valence-electron chi connectivity index (χ1n) is 10.9. The van der Waals surface area contributed by atoms with Gasteiger partial charge in [0.1, 0.15) is 18.1 Å². The van der Waals surface area contributed by atoms with Gasteiger partial charge in [-0.25, -0.2) is 0 Å². The van der Waals surface area contributed by atoms with Crippen LogP contribution in [0.1, 0.15) is 48.0 Å². The van der Waals surface area contributed by atoms with E-state index < -0.39 is 36.3 Å². The first-order valence-corrected chi connectivity index (χ1v) is 10.9. The third-order valence-corrected chi connectivity index (χ3v) is 6.20. The largest absolute Gasteiger partial charge is 0.434 e. The second kappa shape index (κ2) is 9.12. The lowest BCUT2D eigenvalue weighted by Crippen LogP contribution is -2.57. The molecule has 170 valence electrons. The molecule has 3 amide bonds. The maximum absolute atomic E-state index is 13.5. The lowest BCUT2D eigenvalue weighted by Gasteiger charge is -2.34. The molecule has 1 aromatic rings. The third kappa shape index (κ3) is 4.52. The maximum atomic E-state index is 13.5. The Morgan fingerprint density at radius 3 is 2.62 bits per heavy atom. The van der Waals surface area contributed by atoms with E-state index in [-0.39, 0.29) is 24.3 Å². The highest BCUT2D eigenvalue weighted by atomic mass is 16.6. The molecule has 0 radical (unpaired) electrons. The van der Waals surface area contributed by atoms with Crippen LogP contribution in [0.4, 0.5) is 0 Å². The summed E-state index contributed by atoms with van der Waals surface area (Å²) in [4.78, 5) is 52.1. The lowest BCUT2D eigenvalue weighted by molar-refractivity contribution is -0.155. The minimum atomic E-state index is -1.39. The molecule has 9 nitrogen and oxygen atoms in total. The predicted octanol–water partition coefficient (Wildman–Crippen LogP) is 0.553. The number of amides is 3. The molecule has 0 spiro atoms. The molecule has 0 saturated carbocycles. The highest BCUT2D eigenvalue weighted by molar-refractivity contribution is 5.99. The fraction of sp³-hybridized carbons (Fsp3) is 0.478. The van der Waals surface area contributed by atoms with Crippen LogP contribution >= 0.6 is 0 Å². The molecule has 0 aliphatic carbocycles. The number of carbonyl (C=O) groups is 4. The molecule has 2 unspecified atom stereocenters. The summed E-state index contributed by atoms with van der Waals surface area (Å²) in [7, 11) is 0. The molecule has 2 fully saturated rings. The number of aliphatic hydroxyl groups is 1. The fourth-order valence-electron chi connectivity index (χ4n) is 4.57. The van der Waals surface area contributed by atoms with Gasteiger partial charge in [-0.1, -0.05) is 29.8 Å². The van der Waals surface area contributed by atoms with Crippen LogP contribution in [-0.2, 0) is 19.1 Å². The maximum Gasteiger partial charge on any atom is 0.310 e. The molecule has 2 saturated heterocycles. The molecule has 4 rings (SSSR count). The number of cyclic esters (lactones) is 1. The van der Waals surface area contributed by atoms with Crippen molar-refractivity contribution in [3.8, 4) is 0 Å². The van der Waals surface area contributed by atoms with E-state index >= 15 is 0 Å². The van der Waals surface area contributed by atoms with Crippen molar-refractivity contribution in [2.24, 2.45) is 0 Å². The Balaban J connectivity index is 1.49. The number of nitrogens with zero attached hydrogens (tertiary/aromatic N) is 1. The van der Waals surface area contributed by atoms with E-state index in [1.807, 2.05) is 25.1 Å². The summed E-state index contributed by atoms with van der Waals surface area (Å²) >= 11 is 0. The van der Waals surface area contributed by atoms with Crippen molar-refractivity contribution in [1.29, 1.82) is 0 Å². The number of benzene rings is 1. The SMILES string of the molecule is Cc1cccc(C(=O)N[C@H]2CC=CC[C@@H]3CC[C@@H](C(=O)NC4CC(=O)OC4O)N3C2=O)c1. The number of nitrogens with one attached hydrogen (secondary N) is 2. The quantitative estimate of drug-likeness (QED) is 0.463. The summed E-state index contributed by atoms with van der Waals surface area (Å²) in [6.07, 6.45) is 4.43. The van der Waals surface area contributed by atoms with Gasteiger partial charge in [-0.2, -0.15) is 0 Å². The summed E-state index contributed by atoms with van der Waals surface area (Å²) in [5.41, 5.74) is 1.41. The van der Waals surface area contributed by atoms with E-state index in [9.17, 15) is 24.3 Å². The molecule has 0 bridgehead atoms. The molecule has 5 atom stereocenters. The van der Waals surface area contributed by atoms with Crippen molar-refractivity contribution in [1.82, 2.24) is 15.5 Å². The van der Waals surface area contributed by atoms with E-state index in [0.29, 0.717) is 31.2 Å². The number of fused-ring (bicyclic) bond motifs is 1. The van der Waals surface area contributed by atoms with Crippen LogP contribution in [0.25, 0.3) is 0 Å². The van der Waals surface area contributed by atoms with Gasteiger partial charge in [0.05, 0.1) is 6.42 Å². The Morgan fingerprint density at radius 1 is 1.12 bits per heavy atom. The molecule has 9 heteroatoms. The zero-order chi connectivity index (χ0) is 22.8. The molecule has 32 heavy (non-hydrogen) atoms. The molecule has 3 aliphatic heterocycles. The molecular formula is C23H27N3O6. The van der Waals surface area contributed by atoms with Crippen LogP contribution in [0.5, 0.6) is 0 Å². The average Bonchev–Trinajstić information content (AvgIpc) is 3.30. The van der Waals surface area contributed by atoms with E-state index in [1.54, 1.807) is 23.1 Å². The summed E-state index contributed by atoms with van der Waals surface area (Å²) in [5.74, 6) is -1.67. The van der Waals surface area contributed by atoms with E-state index in [2.05, 4.69) is 15.4 Å². The average molecular weight is 441 g/mol. The van der Waals surface area contributed by atoms with Crippen LogP contribution < -0.4 is 10.6 Å². The van der Waals surface area contributed by atoms with Crippen LogP contribution in [0.15, 0.2) is 36.4 Å². The summed E-state index contributed by atoms with van der Waals surface area (Å²) in [5, 5.41) is 15.3. The zero-order valence-corrected chi connectivity index (χ0v) is 17.8. The Morgan fingerprint density at radius 2 is 1.91 bits per heavy atom. The number of hydrogen-bond acceptors (Lipinski definition) is 6. The van der Waals surface area contributed by atoms with Crippen molar-refractivity contribution in [3.63, 3.8) is 0 Å². The van der Waals surface area contributed by atoms with Crippen molar-refractivity contribution < 1.29 is 29.0 Å². The number of ether oxygens (including phenoxy) is 1. The number of esters is 1. The Kier molecular flexibility index (Phi) is 6.27. The highest BCUT2D eigenvalue weighted by Gasteiger charge is 2.45. The second-order valence-electron chi connectivity index (χ2n) is 8.53. The van der Waals surface area contributed by atoms with Crippen LogP contribution in [0, 0.1) is 6.92 Å². The van der Waals surface area contributed by atoms with E-state index in [4.69, 9.17) is 0 Å². The minimum Gasteiger partial charge on any atom is -0.434 e. The topological polar surface area (TPSA) is 125 Å². The number of aliphatic hydroxyl groups excluding tert-OH is 1. The van der Waals surface area contributed by atoms with Crippen molar-refractivity contribution in [2.75, 3.05) is 0 Å². The number of carbonyl (C=O) groups excluding carboxylic acids is 4. The number of rotatable bonds is 4. The summed E-state index contributed by atoms with van der Waals surface area (Å²) < 4.78 is 4.68. The summed E-state index contributed by atoms with van der Waals surface area (Å²) in [6, 6.07) is 4.60. The Hall–Kier alpha value is -3.20. The normalized spacial score (nSPS) is 29.7. The predicted molar refractivity (Wildman–Crippen MR) is 113 cm³/mol. The monoisotopic (exact) mass is 441 g/mol. The molecule has 3 heterocycles. The molecule has 1 aromatic carbocycles. The standard InChI is InChI=1S/C23H27N3O6/c1-13-5-4-6-14(11-13)20(28)24-16-8-3-2-7-15-9-10-18(26(15)22(16)30)21(29)25-17-12-19(27)32-23(17)31/h2-6,11,15-18,23,31H,7-10,12H2,1H3,(H,24,28)(H,25,29)/t15-,16+,17?,18+,23?/m1/s1. The van der Waals surface area contributed by atoms with Gasteiger partial charge in [-0.15, -0.1) is 0 Å². The third-order valence-electron chi connectivity index (χ3n) is 6.20. The summed E-state index contributed by atoms with van der Waals surface area (Å²) in [6.45, 7) is 1.89. The molecule has 3 N–H and O–H groups in total. The molecule has 0 aromatic heterocycles. The van der Waals surface area contributed by atoms with Crippen molar-refractivity contribution >= 4 is 23.7 Å². The lowest BCUT2D eigenvalue weighted by atomic mass is 10.0. The first-order chi connectivity index (χ1) is 15.3. The van der Waals surface area contributed by atoms with Crippen LogP contribution in [-0.4, -0.2) is 64.2 Å². The fourth-order valence-corrected chi connectivity index (χ4v) is 4.57. The first kappa shape index (κ1) is 22.0. The Bertz CT molecular complexity index is 961.